The normalized spacial score (nSPS) is 14.6. The predicted molar refractivity (Wildman–Crippen MR) is 109 cm³/mol. The van der Waals surface area contributed by atoms with Crippen molar-refractivity contribution in [3.05, 3.63) is 53.6 Å². The number of anilines is 1. The molecule has 3 rings (SSSR count). The lowest BCUT2D eigenvalue weighted by atomic mass is 10.1. The Balaban J connectivity index is 1.90. The van der Waals surface area contributed by atoms with E-state index in [-0.39, 0.29) is 16.6 Å². The minimum atomic E-state index is -3.91. The van der Waals surface area contributed by atoms with Gasteiger partial charge in [0.1, 0.15) is 10.6 Å². The van der Waals surface area contributed by atoms with Gasteiger partial charge in [-0.25, -0.2) is 8.42 Å². The Kier molecular flexibility index (Phi) is 6.24. The minimum absolute atomic E-state index is 0.0440. The molecule has 0 aliphatic carbocycles. The molecular formula is C21H26N2O4S. The maximum Gasteiger partial charge on any atom is 0.265 e. The van der Waals surface area contributed by atoms with Crippen molar-refractivity contribution in [1.82, 2.24) is 4.90 Å². The molecule has 2 aromatic rings. The van der Waals surface area contributed by atoms with Crippen molar-refractivity contribution in [3.8, 4) is 5.75 Å². The van der Waals surface area contributed by atoms with Crippen LogP contribution in [0.3, 0.4) is 0 Å². The molecular weight excluding hydrogens is 376 g/mol. The molecule has 0 aromatic heterocycles. The molecule has 1 N–H and O–H groups in total. The molecule has 0 unspecified atom stereocenters. The summed E-state index contributed by atoms with van der Waals surface area (Å²) in [7, 11) is -2.49. The van der Waals surface area contributed by atoms with Gasteiger partial charge in [-0.2, -0.15) is 0 Å². The number of sulfonamides is 1. The van der Waals surface area contributed by atoms with Crippen LogP contribution in [-0.4, -0.2) is 39.4 Å². The van der Waals surface area contributed by atoms with Crippen molar-refractivity contribution in [2.45, 2.75) is 37.5 Å². The SMILES string of the molecule is CCc1ccc(NS(=O)(=O)c2cc(C(=O)N3CCCCC3)ccc2OC)cc1. The Bertz CT molecular complexity index is 933. The van der Waals surface area contributed by atoms with Gasteiger partial charge in [-0.1, -0.05) is 19.1 Å². The van der Waals surface area contributed by atoms with Gasteiger partial charge < -0.3 is 9.64 Å². The third kappa shape index (κ3) is 4.47. The van der Waals surface area contributed by atoms with E-state index in [0.29, 0.717) is 24.3 Å². The summed E-state index contributed by atoms with van der Waals surface area (Å²) in [6.45, 7) is 3.44. The summed E-state index contributed by atoms with van der Waals surface area (Å²) in [4.78, 5) is 14.5. The van der Waals surface area contributed by atoms with Gasteiger partial charge in [0.05, 0.1) is 7.11 Å². The summed E-state index contributed by atoms with van der Waals surface area (Å²) in [5.74, 6) is 0.0546. The van der Waals surface area contributed by atoms with E-state index in [0.717, 1.165) is 31.2 Å². The average molecular weight is 403 g/mol. The van der Waals surface area contributed by atoms with Crippen LogP contribution in [0.4, 0.5) is 5.69 Å². The maximum atomic E-state index is 13.0. The van der Waals surface area contributed by atoms with Gasteiger partial charge in [0.25, 0.3) is 15.9 Å². The first-order chi connectivity index (χ1) is 13.4. The molecule has 1 saturated heterocycles. The number of hydrogen-bond acceptors (Lipinski definition) is 4. The third-order valence-electron chi connectivity index (χ3n) is 4.96. The highest BCUT2D eigenvalue weighted by Crippen LogP contribution is 2.28. The predicted octanol–water partition coefficient (Wildman–Crippen LogP) is 3.68. The fourth-order valence-corrected chi connectivity index (χ4v) is 4.57. The van der Waals surface area contributed by atoms with Crippen LogP contribution >= 0.6 is 0 Å². The van der Waals surface area contributed by atoms with E-state index in [1.807, 2.05) is 19.1 Å². The standard InChI is InChI=1S/C21H26N2O4S/c1-3-16-7-10-18(11-8-16)22-28(25,26)20-15-17(9-12-19(20)27-2)21(24)23-13-5-4-6-14-23/h7-12,15,22H,3-6,13-14H2,1-2H3. The van der Waals surface area contributed by atoms with Crippen molar-refractivity contribution in [2.75, 3.05) is 24.9 Å². The van der Waals surface area contributed by atoms with Gasteiger partial charge in [-0.05, 0) is 61.6 Å². The Morgan fingerprint density at radius 3 is 2.36 bits per heavy atom. The Morgan fingerprint density at radius 2 is 1.75 bits per heavy atom. The lowest BCUT2D eigenvalue weighted by Gasteiger charge is -2.27. The van der Waals surface area contributed by atoms with Crippen molar-refractivity contribution in [1.29, 1.82) is 0 Å². The molecule has 6 nitrogen and oxygen atoms in total. The first-order valence-corrected chi connectivity index (χ1v) is 11.0. The zero-order valence-electron chi connectivity index (χ0n) is 16.3. The van der Waals surface area contributed by atoms with Crippen molar-refractivity contribution < 1.29 is 17.9 Å². The fraction of sp³-hybridized carbons (Fsp3) is 0.381. The summed E-state index contributed by atoms with van der Waals surface area (Å²) in [5.41, 5.74) is 1.94. The zero-order valence-corrected chi connectivity index (χ0v) is 17.1. The average Bonchev–Trinajstić information content (AvgIpc) is 2.73. The van der Waals surface area contributed by atoms with Crippen LogP contribution in [0.15, 0.2) is 47.4 Å². The molecule has 1 amide bonds. The smallest absolute Gasteiger partial charge is 0.265 e. The molecule has 0 saturated carbocycles. The molecule has 0 spiro atoms. The molecule has 0 atom stereocenters. The van der Waals surface area contributed by atoms with Gasteiger partial charge in [-0.3, -0.25) is 9.52 Å². The van der Waals surface area contributed by atoms with Crippen LogP contribution in [0.5, 0.6) is 5.75 Å². The van der Waals surface area contributed by atoms with E-state index in [4.69, 9.17) is 4.74 Å². The van der Waals surface area contributed by atoms with Gasteiger partial charge in [0.2, 0.25) is 0 Å². The van der Waals surface area contributed by atoms with E-state index in [2.05, 4.69) is 4.72 Å². The number of hydrogen-bond donors (Lipinski definition) is 1. The maximum absolute atomic E-state index is 13.0. The van der Waals surface area contributed by atoms with Crippen molar-refractivity contribution in [2.24, 2.45) is 0 Å². The Hall–Kier alpha value is -2.54. The molecule has 150 valence electrons. The number of ether oxygens (including phenoxy) is 1. The molecule has 7 heteroatoms. The molecule has 1 heterocycles. The molecule has 0 radical (unpaired) electrons. The lowest BCUT2D eigenvalue weighted by Crippen LogP contribution is -2.35. The second kappa shape index (κ2) is 8.65. The molecule has 1 aliphatic heterocycles. The molecule has 28 heavy (non-hydrogen) atoms. The summed E-state index contributed by atoms with van der Waals surface area (Å²) in [6.07, 6.45) is 3.94. The second-order valence-electron chi connectivity index (χ2n) is 6.87. The van der Waals surface area contributed by atoms with Crippen LogP contribution in [-0.2, 0) is 16.4 Å². The van der Waals surface area contributed by atoms with Crippen LogP contribution < -0.4 is 9.46 Å². The second-order valence-corrected chi connectivity index (χ2v) is 8.53. The number of carbonyl (C=O) groups excluding carboxylic acids is 1. The van der Waals surface area contributed by atoms with Gasteiger partial charge in [0, 0.05) is 24.3 Å². The van der Waals surface area contributed by atoms with E-state index in [9.17, 15) is 13.2 Å². The van der Waals surface area contributed by atoms with E-state index in [1.165, 1.54) is 19.2 Å². The van der Waals surface area contributed by atoms with Crippen LogP contribution in [0, 0.1) is 0 Å². The highest BCUT2D eigenvalue weighted by atomic mass is 32.2. The number of amides is 1. The van der Waals surface area contributed by atoms with Crippen molar-refractivity contribution in [3.63, 3.8) is 0 Å². The number of nitrogens with one attached hydrogen (secondary N) is 1. The number of likely N-dealkylation sites (tertiary alicyclic amines) is 1. The van der Waals surface area contributed by atoms with Crippen LogP contribution in [0.25, 0.3) is 0 Å². The number of carbonyl (C=O) groups is 1. The third-order valence-corrected chi connectivity index (χ3v) is 6.36. The quantitative estimate of drug-likeness (QED) is 0.800. The van der Waals surface area contributed by atoms with E-state index >= 15 is 0 Å². The lowest BCUT2D eigenvalue weighted by molar-refractivity contribution is 0.0724. The Morgan fingerprint density at radius 1 is 1.07 bits per heavy atom. The van der Waals surface area contributed by atoms with Gasteiger partial charge in [-0.15, -0.1) is 0 Å². The zero-order chi connectivity index (χ0) is 20.1. The summed E-state index contributed by atoms with van der Waals surface area (Å²) < 4.78 is 33.8. The van der Waals surface area contributed by atoms with E-state index in [1.54, 1.807) is 23.1 Å². The monoisotopic (exact) mass is 402 g/mol. The van der Waals surface area contributed by atoms with Crippen molar-refractivity contribution >= 4 is 21.6 Å². The fourth-order valence-electron chi connectivity index (χ4n) is 3.32. The largest absolute Gasteiger partial charge is 0.495 e. The Labute approximate surface area is 166 Å². The number of rotatable bonds is 6. The molecule has 2 aromatic carbocycles. The number of piperidine rings is 1. The number of nitrogens with zero attached hydrogens (tertiary/aromatic N) is 1. The highest BCUT2D eigenvalue weighted by molar-refractivity contribution is 7.92. The molecule has 1 aliphatic rings. The first kappa shape index (κ1) is 20.2. The summed E-state index contributed by atoms with van der Waals surface area (Å²) in [6, 6.07) is 11.8. The topological polar surface area (TPSA) is 75.7 Å². The molecule has 1 fully saturated rings. The van der Waals surface area contributed by atoms with E-state index < -0.39 is 10.0 Å². The minimum Gasteiger partial charge on any atom is -0.495 e. The van der Waals surface area contributed by atoms with Gasteiger partial charge >= 0.3 is 0 Å². The molecule has 0 bridgehead atoms. The summed E-state index contributed by atoms with van der Waals surface area (Å²) >= 11 is 0. The summed E-state index contributed by atoms with van der Waals surface area (Å²) in [5, 5.41) is 0. The highest BCUT2D eigenvalue weighted by Gasteiger charge is 2.24. The van der Waals surface area contributed by atoms with Crippen LogP contribution in [0.2, 0.25) is 0 Å². The van der Waals surface area contributed by atoms with Gasteiger partial charge in [0.15, 0.2) is 0 Å². The number of methoxy groups -OCH3 is 1. The first-order valence-electron chi connectivity index (χ1n) is 9.53. The number of aryl methyl sites for hydroxylation is 1. The number of benzene rings is 2. The van der Waals surface area contributed by atoms with Crippen LogP contribution in [0.1, 0.15) is 42.1 Å².